The van der Waals surface area contributed by atoms with Crippen molar-refractivity contribution in [1.29, 1.82) is 0 Å². The Labute approximate surface area is 134 Å². The first-order chi connectivity index (χ1) is 10.6. The quantitative estimate of drug-likeness (QED) is 0.910. The number of pyridine rings is 1. The molecular formula is C16H21N3O2S. The lowest BCUT2D eigenvalue weighted by molar-refractivity contribution is -0.142. The number of fused-ring (bicyclic) bond motifs is 2. The fraction of sp³-hybridized carbons (Fsp3) is 0.625. The Morgan fingerprint density at radius 3 is 3.27 bits per heavy atom. The van der Waals surface area contributed by atoms with Crippen LogP contribution in [0.3, 0.4) is 0 Å². The van der Waals surface area contributed by atoms with E-state index in [-0.39, 0.29) is 18.0 Å². The summed E-state index contributed by atoms with van der Waals surface area (Å²) in [5.74, 6) is 3.60. The minimum atomic E-state index is -0.489. The molecule has 3 unspecified atom stereocenters. The van der Waals surface area contributed by atoms with Gasteiger partial charge in [0.25, 0.3) is 0 Å². The molecule has 1 aromatic rings. The normalized spacial score (nSPS) is 32.9. The summed E-state index contributed by atoms with van der Waals surface area (Å²) in [5.41, 5.74) is 0.528. The van der Waals surface area contributed by atoms with Crippen molar-refractivity contribution in [1.82, 2.24) is 15.2 Å². The summed E-state index contributed by atoms with van der Waals surface area (Å²) in [5, 5.41) is 3.21. The number of thioether (sulfide) groups is 1. The Kier molecular flexibility index (Phi) is 3.25. The highest BCUT2D eigenvalue weighted by atomic mass is 32.2. The fourth-order valence-electron chi connectivity index (χ4n) is 3.91. The number of urea groups is 1. The second-order valence-electron chi connectivity index (χ2n) is 6.72. The number of carbonyl (C=O) groups excluding carboxylic acids is 1. The minimum Gasteiger partial charge on any atom is -0.467 e. The molecular weight excluding hydrogens is 298 g/mol. The number of carbonyl (C=O) groups is 1. The smallest absolute Gasteiger partial charge is 0.321 e. The maximum Gasteiger partial charge on any atom is 0.321 e. The predicted octanol–water partition coefficient (Wildman–Crippen LogP) is 2.65. The lowest BCUT2D eigenvalue weighted by Crippen LogP contribution is -2.73. The molecule has 5 nitrogen and oxygen atoms in total. The van der Waals surface area contributed by atoms with E-state index >= 15 is 0 Å². The molecule has 3 aliphatic heterocycles. The highest BCUT2D eigenvalue weighted by Gasteiger charge is 2.60. The minimum absolute atomic E-state index is 0.00338. The maximum atomic E-state index is 12.7. The number of aromatic nitrogens is 1. The Balaban J connectivity index is 1.83. The van der Waals surface area contributed by atoms with Gasteiger partial charge in [-0.15, -0.1) is 0 Å². The molecule has 2 amide bonds. The van der Waals surface area contributed by atoms with E-state index in [0.29, 0.717) is 5.92 Å². The summed E-state index contributed by atoms with van der Waals surface area (Å²) < 4.78 is 6.49. The second-order valence-corrected chi connectivity index (χ2v) is 7.87. The highest BCUT2D eigenvalue weighted by molar-refractivity contribution is 7.99. The first kappa shape index (κ1) is 14.2. The van der Waals surface area contributed by atoms with Crippen LogP contribution in [0.2, 0.25) is 0 Å². The average Bonchev–Trinajstić information content (AvgIpc) is 2.51. The predicted molar refractivity (Wildman–Crippen MR) is 85.8 cm³/mol. The molecule has 2 fully saturated rings. The molecule has 3 atom stereocenters. The largest absolute Gasteiger partial charge is 0.467 e. The highest BCUT2D eigenvalue weighted by Crippen LogP contribution is 2.52. The number of hydrogen-bond donors (Lipinski definition) is 1. The first-order valence-corrected chi connectivity index (χ1v) is 9.06. The van der Waals surface area contributed by atoms with E-state index in [1.54, 1.807) is 6.20 Å². The van der Waals surface area contributed by atoms with Crippen LogP contribution in [0.1, 0.15) is 31.9 Å². The van der Waals surface area contributed by atoms with E-state index in [0.717, 1.165) is 35.8 Å². The molecule has 118 valence electrons. The SMILES string of the molecule is CC(C)CN1C(=O)NC2c3cnccc3OC13CCSCC23. The van der Waals surface area contributed by atoms with Crippen LogP contribution in [-0.2, 0) is 0 Å². The molecule has 4 rings (SSSR count). The van der Waals surface area contributed by atoms with Crippen molar-refractivity contribution < 1.29 is 9.53 Å². The Morgan fingerprint density at radius 2 is 2.45 bits per heavy atom. The van der Waals surface area contributed by atoms with Crippen molar-refractivity contribution in [2.24, 2.45) is 11.8 Å². The number of hydrogen-bond acceptors (Lipinski definition) is 4. The summed E-state index contributed by atoms with van der Waals surface area (Å²) in [4.78, 5) is 18.9. The lowest BCUT2D eigenvalue weighted by Gasteiger charge is -2.58. The molecule has 1 aromatic heterocycles. The number of ether oxygens (including phenoxy) is 1. The van der Waals surface area contributed by atoms with Gasteiger partial charge in [-0.3, -0.25) is 9.88 Å². The summed E-state index contributed by atoms with van der Waals surface area (Å²) in [6.07, 6.45) is 4.49. The monoisotopic (exact) mass is 319 g/mol. The summed E-state index contributed by atoms with van der Waals surface area (Å²) >= 11 is 1.95. The fourth-order valence-corrected chi connectivity index (χ4v) is 5.22. The molecule has 6 heteroatoms. The maximum absolute atomic E-state index is 12.7. The molecule has 0 saturated carbocycles. The van der Waals surface area contributed by atoms with E-state index in [1.807, 2.05) is 28.9 Å². The number of nitrogens with zero attached hydrogens (tertiary/aromatic N) is 2. The van der Waals surface area contributed by atoms with Crippen molar-refractivity contribution in [3.63, 3.8) is 0 Å². The lowest BCUT2D eigenvalue weighted by atomic mass is 9.78. The molecule has 3 aliphatic rings. The van der Waals surface area contributed by atoms with E-state index in [4.69, 9.17) is 4.74 Å². The van der Waals surface area contributed by atoms with Gasteiger partial charge in [0.2, 0.25) is 0 Å². The molecule has 2 saturated heterocycles. The average molecular weight is 319 g/mol. The van der Waals surface area contributed by atoms with Crippen LogP contribution in [0, 0.1) is 11.8 Å². The van der Waals surface area contributed by atoms with Gasteiger partial charge in [0.1, 0.15) is 5.75 Å². The zero-order valence-corrected chi connectivity index (χ0v) is 13.7. The molecule has 0 aromatic carbocycles. The van der Waals surface area contributed by atoms with Gasteiger partial charge in [0.15, 0.2) is 5.72 Å². The Bertz CT molecular complexity index is 609. The zero-order chi connectivity index (χ0) is 15.3. The van der Waals surface area contributed by atoms with Gasteiger partial charge in [-0.05, 0) is 17.7 Å². The summed E-state index contributed by atoms with van der Waals surface area (Å²) in [7, 11) is 0. The van der Waals surface area contributed by atoms with Crippen molar-refractivity contribution in [3.05, 3.63) is 24.0 Å². The third-order valence-corrected chi connectivity index (χ3v) is 5.93. The standard InChI is InChI=1S/C16H21N3O2S/c1-10(2)8-19-15(20)18-14-11-7-17-5-3-13(11)21-16(19)4-6-22-9-12(14)16/h3,5,7,10,12,14H,4,6,8-9H2,1-2H3,(H,18,20). The number of rotatable bonds is 2. The molecule has 0 radical (unpaired) electrons. The zero-order valence-electron chi connectivity index (χ0n) is 12.9. The van der Waals surface area contributed by atoms with Gasteiger partial charge in [-0.25, -0.2) is 4.79 Å². The first-order valence-electron chi connectivity index (χ1n) is 7.90. The van der Waals surface area contributed by atoms with Crippen LogP contribution in [0.25, 0.3) is 0 Å². The van der Waals surface area contributed by atoms with Crippen LogP contribution in [-0.4, -0.2) is 39.7 Å². The van der Waals surface area contributed by atoms with Gasteiger partial charge in [0.05, 0.1) is 12.0 Å². The van der Waals surface area contributed by atoms with E-state index < -0.39 is 5.72 Å². The summed E-state index contributed by atoms with van der Waals surface area (Å²) in [6, 6.07) is 1.94. The van der Waals surface area contributed by atoms with Gasteiger partial charge in [-0.2, -0.15) is 11.8 Å². The van der Waals surface area contributed by atoms with Crippen molar-refractivity contribution in [3.8, 4) is 5.75 Å². The molecule has 2 bridgehead atoms. The van der Waals surface area contributed by atoms with Crippen LogP contribution < -0.4 is 10.1 Å². The van der Waals surface area contributed by atoms with E-state index in [1.165, 1.54) is 0 Å². The second kappa shape index (κ2) is 5.05. The molecule has 4 heterocycles. The van der Waals surface area contributed by atoms with Gasteiger partial charge >= 0.3 is 6.03 Å². The van der Waals surface area contributed by atoms with Gasteiger partial charge in [-0.1, -0.05) is 13.8 Å². The third kappa shape index (κ3) is 1.93. The van der Waals surface area contributed by atoms with Gasteiger partial charge < -0.3 is 10.1 Å². The molecule has 0 aliphatic carbocycles. The topological polar surface area (TPSA) is 54.5 Å². The molecule has 22 heavy (non-hydrogen) atoms. The number of nitrogens with one attached hydrogen (secondary N) is 1. The van der Waals surface area contributed by atoms with Crippen LogP contribution in [0.5, 0.6) is 5.75 Å². The van der Waals surface area contributed by atoms with E-state index in [2.05, 4.69) is 24.1 Å². The van der Waals surface area contributed by atoms with Gasteiger partial charge in [0, 0.05) is 36.7 Å². The number of amides is 2. The van der Waals surface area contributed by atoms with Crippen LogP contribution in [0.4, 0.5) is 4.79 Å². The van der Waals surface area contributed by atoms with Crippen molar-refractivity contribution in [2.45, 2.75) is 32.0 Å². The van der Waals surface area contributed by atoms with Crippen molar-refractivity contribution in [2.75, 3.05) is 18.1 Å². The van der Waals surface area contributed by atoms with E-state index in [9.17, 15) is 4.79 Å². The van der Waals surface area contributed by atoms with Crippen LogP contribution >= 0.6 is 11.8 Å². The van der Waals surface area contributed by atoms with Crippen LogP contribution in [0.15, 0.2) is 18.5 Å². The Hall–Kier alpha value is -1.43. The Morgan fingerprint density at radius 1 is 1.59 bits per heavy atom. The van der Waals surface area contributed by atoms with Crippen molar-refractivity contribution >= 4 is 17.8 Å². The molecule has 0 spiro atoms. The summed E-state index contributed by atoms with van der Waals surface area (Å²) in [6.45, 7) is 5.01. The third-order valence-electron chi connectivity index (χ3n) is 4.84. The molecule has 1 N–H and O–H groups in total.